The molecule has 158 valence electrons. The highest BCUT2D eigenvalue weighted by Crippen LogP contribution is 2.36. The number of amides is 1. The molecule has 0 bridgehead atoms. The maximum atomic E-state index is 13.3. The first-order valence-electron chi connectivity index (χ1n) is 10.0. The number of thiazole rings is 1. The first kappa shape index (κ1) is 20.9. The molecule has 1 amide bonds. The van der Waals surface area contributed by atoms with Gasteiger partial charge >= 0.3 is 5.97 Å². The van der Waals surface area contributed by atoms with Crippen molar-refractivity contribution in [3.8, 4) is 0 Å². The predicted octanol–water partition coefficient (Wildman–Crippen LogP) is 5.60. The number of aromatic carboxylic acids is 1. The van der Waals surface area contributed by atoms with E-state index in [2.05, 4.69) is 15.7 Å². The molecule has 4 rings (SSSR count). The van der Waals surface area contributed by atoms with Crippen LogP contribution in [0.4, 0.5) is 10.1 Å². The number of carboxylic acid groups (broad SMARTS) is 1. The van der Waals surface area contributed by atoms with Gasteiger partial charge in [-0.2, -0.15) is 0 Å². The van der Waals surface area contributed by atoms with E-state index in [1.54, 1.807) is 17.4 Å². The van der Waals surface area contributed by atoms with E-state index in [4.69, 9.17) is 0 Å². The van der Waals surface area contributed by atoms with Crippen molar-refractivity contribution in [3.05, 3.63) is 81.1 Å². The van der Waals surface area contributed by atoms with Crippen LogP contribution in [0.1, 0.15) is 57.4 Å². The molecule has 31 heavy (non-hydrogen) atoms. The Hall–Kier alpha value is -3.32. The van der Waals surface area contributed by atoms with Gasteiger partial charge in [0.25, 0.3) is 0 Å². The monoisotopic (exact) mass is 436 g/mol. The Kier molecular flexibility index (Phi) is 6.23. The summed E-state index contributed by atoms with van der Waals surface area (Å²) in [6.45, 7) is 0. The normalized spacial score (nSPS) is 13.8. The lowest BCUT2D eigenvalue weighted by Gasteiger charge is -2.22. The van der Waals surface area contributed by atoms with Crippen molar-refractivity contribution in [2.45, 2.75) is 31.6 Å². The Bertz CT molecular complexity index is 1150. The molecule has 1 aromatic heterocycles. The highest BCUT2D eigenvalue weighted by molar-refractivity contribution is 7.10. The second kappa shape index (κ2) is 9.22. The Labute approximate surface area is 183 Å². The van der Waals surface area contributed by atoms with Crippen LogP contribution < -0.4 is 5.32 Å². The van der Waals surface area contributed by atoms with Crippen LogP contribution in [0.2, 0.25) is 0 Å². The molecule has 0 spiro atoms. The third-order valence-electron chi connectivity index (χ3n) is 5.31. The van der Waals surface area contributed by atoms with Crippen molar-refractivity contribution in [2.24, 2.45) is 0 Å². The van der Waals surface area contributed by atoms with Gasteiger partial charge in [-0.3, -0.25) is 4.79 Å². The second-order valence-corrected chi connectivity index (χ2v) is 8.42. The average Bonchev–Trinajstić information content (AvgIpc) is 3.15. The number of halogens is 1. The number of rotatable bonds is 7. The zero-order valence-electron chi connectivity index (χ0n) is 16.7. The third-order valence-corrected chi connectivity index (χ3v) is 6.13. The first-order valence-corrected chi connectivity index (χ1v) is 10.9. The number of carbonyl (C=O) groups is 2. The zero-order chi connectivity index (χ0) is 21.8. The molecule has 0 radical (unpaired) electrons. The molecule has 2 aromatic carbocycles. The van der Waals surface area contributed by atoms with Gasteiger partial charge in [-0.1, -0.05) is 30.7 Å². The molecule has 0 saturated heterocycles. The minimum Gasteiger partial charge on any atom is -0.478 e. The van der Waals surface area contributed by atoms with Gasteiger partial charge in [0.05, 0.1) is 17.7 Å². The van der Waals surface area contributed by atoms with Crippen LogP contribution >= 0.6 is 11.3 Å². The quantitative estimate of drug-likeness (QED) is 0.505. The van der Waals surface area contributed by atoms with Crippen molar-refractivity contribution in [2.75, 3.05) is 5.32 Å². The molecule has 1 saturated carbocycles. The van der Waals surface area contributed by atoms with Gasteiger partial charge in [0.2, 0.25) is 5.91 Å². The maximum absolute atomic E-state index is 13.3. The lowest BCUT2D eigenvalue weighted by molar-refractivity contribution is -0.115. The van der Waals surface area contributed by atoms with E-state index in [1.165, 1.54) is 31.0 Å². The minimum absolute atomic E-state index is 0.162. The number of nitrogens with one attached hydrogen (secondary N) is 1. The summed E-state index contributed by atoms with van der Waals surface area (Å²) in [7, 11) is 0. The van der Waals surface area contributed by atoms with Gasteiger partial charge in [0.1, 0.15) is 10.8 Å². The largest absolute Gasteiger partial charge is 0.478 e. The maximum Gasteiger partial charge on any atom is 0.336 e. The van der Waals surface area contributed by atoms with E-state index in [9.17, 15) is 19.1 Å². The van der Waals surface area contributed by atoms with Gasteiger partial charge in [-0.25, -0.2) is 14.2 Å². The van der Waals surface area contributed by atoms with Crippen LogP contribution in [0.15, 0.2) is 47.8 Å². The van der Waals surface area contributed by atoms with Crippen LogP contribution in [-0.2, 0) is 11.2 Å². The first-order chi connectivity index (χ1) is 15.0. The summed E-state index contributed by atoms with van der Waals surface area (Å²) >= 11 is 1.62. The molecule has 1 heterocycles. The summed E-state index contributed by atoms with van der Waals surface area (Å²) < 4.78 is 13.3. The molecular weight excluding hydrogens is 415 g/mol. The fourth-order valence-electron chi connectivity index (χ4n) is 3.44. The summed E-state index contributed by atoms with van der Waals surface area (Å²) in [6.07, 6.45) is 7.48. The fourth-order valence-corrected chi connectivity index (χ4v) is 4.23. The molecule has 5 nitrogen and oxygen atoms in total. The zero-order valence-corrected chi connectivity index (χ0v) is 17.5. The number of nitrogens with zero attached hydrogens (tertiary/aromatic N) is 1. The fraction of sp³-hybridized carbons (Fsp3) is 0.208. The van der Waals surface area contributed by atoms with E-state index < -0.39 is 11.8 Å². The van der Waals surface area contributed by atoms with Crippen LogP contribution in [0.25, 0.3) is 12.2 Å². The van der Waals surface area contributed by atoms with E-state index in [1.807, 2.05) is 30.4 Å². The molecule has 3 aromatic rings. The van der Waals surface area contributed by atoms with E-state index in [-0.39, 0.29) is 23.5 Å². The van der Waals surface area contributed by atoms with E-state index in [0.717, 1.165) is 22.7 Å². The summed E-state index contributed by atoms with van der Waals surface area (Å²) in [5, 5.41) is 15.1. The van der Waals surface area contributed by atoms with Crippen LogP contribution in [0.5, 0.6) is 0 Å². The number of benzene rings is 2. The Morgan fingerprint density at radius 3 is 2.77 bits per heavy atom. The Morgan fingerprint density at radius 1 is 1.19 bits per heavy atom. The van der Waals surface area contributed by atoms with E-state index >= 15 is 0 Å². The van der Waals surface area contributed by atoms with Gasteiger partial charge in [0, 0.05) is 17.0 Å². The number of anilines is 1. The van der Waals surface area contributed by atoms with Crippen LogP contribution in [-0.4, -0.2) is 22.0 Å². The van der Waals surface area contributed by atoms with Gasteiger partial charge < -0.3 is 10.4 Å². The number of hydrogen-bond donors (Lipinski definition) is 2. The Morgan fingerprint density at radius 2 is 2.03 bits per heavy atom. The predicted molar refractivity (Wildman–Crippen MR) is 120 cm³/mol. The number of carboxylic acids is 1. The molecule has 2 N–H and O–H groups in total. The van der Waals surface area contributed by atoms with Crippen molar-refractivity contribution in [3.63, 3.8) is 0 Å². The van der Waals surface area contributed by atoms with Crippen LogP contribution in [0.3, 0.4) is 0 Å². The molecular formula is C24H21FN2O3S. The smallest absolute Gasteiger partial charge is 0.336 e. The Balaban J connectivity index is 1.41. The highest BCUT2D eigenvalue weighted by Gasteiger charge is 2.21. The number of aromatic nitrogens is 1. The molecule has 7 heteroatoms. The van der Waals surface area contributed by atoms with Crippen molar-refractivity contribution >= 4 is 41.1 Å². The van der Waals surface area contributed by atoms with Gasteiger partial charge in [-0.15, -0.1) is 11.3 Å². The summed E-state index contributed by atoms with van der Waals surface area (Å²) in [5.41, 5.74) is 2.73. The van der Waals surface area contributed by atoms with Gasteiger partial charge in [-0.05, 0) is 54.3 Å². The van der Waals surface area contributed by atoms with Crippen molar-refractivity contribution in [1.82, 2.24) is 4.98 Å². The molecule has 1 fully saturated rings. The molecule has 0 aliphatic heterocycles. The van der Waals surface area contributed by atoms with Gasteiger partial charge in [0.15, 0.2) is 0 Å². The lowest BCUT2D eigenvalue weighted by Crippen LogP contribution is -2.16. The highest BCUT2D eigenvalue weighted by atomic mass is 32.1. The molecule has 0 atom stereocenters. The van der Waals surface area contributed by atoms with E-state index in [0.29, 0.717) is 11.6 Å². The second-order valence-electron chi connectivity index (χ2n) is 7.53. The number of carbonyl (C=O) groups excluding carboxylic acids is 1. The molecule has 1 aliphatic carbocycles. The molecule has 1 aliphatic rings. The number of hydrogen-bond acceptors (Lipinski definition) is 4. The summed E-state index contributed by atoms with van der Waals surface area (Å²) in [5.74, 6) is -1.68. The lowest BCUT2D eigenvalue weighted by atomic mass is 9.83. The minimum atomic E-state index is -1.27. The van der Waals surface area contributed by atoms with Crippen LogP contribution in [0, 0.1) is 5.82 Å². The van der Waals surface area contributed by atoms with Crippen molar-refractivity contribution < 1.29 is 19.1 Å². The summed E-state index contributed by atoms with van der Waals surface area (Å²) in [4.78, 5) is 28.4. The third kappa shape index (κ3) is 5.24. The van der Waals surface area contributed by atoms with Crippen molar-refractivity contribution in [1.29, 1.82) is 0 Å². The topological polar surface area (TPSA) is 79.3 Å². The summed E-state index contributed by atoms with van der Waals surface area (Å²) in [6, 6.07) is 10.7. The molecule has 0 unspecified atom stereocenters. The average molecular weight is 437 g/mol. The SMILES string of the molecule is O=C(Cc1ccc(F)cc1C(=O)O)Nc1cccc(C=Cc2nc(C3CCC3)cs2)c1. The standard InChI is InChI=1S/C24H21FN2O3S/c25-18-9-8-17(20(13-18)24(29)30)12-22(28)26-19-6-1-3-15(11-19)7-10-23-27-21(14-31-23)16-4-2-5-16/h1,3,6-11,13-14,16H,2,4-5,12H2,(H,26,28)(H,29,30).